The molecule has 19 nitrogen and oxygen atoms in total. The molecule has 46 heavy (non-hydrogen) atoms. The summed E-state index contributed by atoms with van der Waals surface area (Å²) in [5.74, 6) is -1.32. The van der Waals surface area contributed by atoms with E-state index in [1.54, 1.807) is 12.1 Å². The average molecular weight is 739 g/mol. The molecule has 0 spiro atoms. The van der Waals surface area contributed by atoms with Crippen LogP contribution in [0.5, 0.6) is 5.75 Å². The van der Waals surface area contributed by atoms with Gasteiger partial charge in [0, 0.05) is 22.3 Å². The third-order valence-electron chi connectivity index (χ3n) is 5.13. The van der Waals surface area contributed by atoms with Crippen molar-refractivity contribution in [3.8, 4) is 5.75 Å². The van der Waals surface area contributed by atoms with E-state index in [1.165, 1.54) is 25.1 Å². The van der Waals surface area contributed by atoms with Gasteiger partial charge < -0.3 is 20.1 Å². The van der Waals surface area contributed by atoms with Crippen molar-refractivity contribution in [2.45, 2.75) is 21.6 Å². The highest BCUT2D eigenvalue weighted by molar-refractivity contribution is 7.96. The largest absolute Gasteiger partial charge is 0.505 e. The number of nitrogens with one attached hydrogen (secondary N) is 1. The molecule has 1 heterocycles. The Kier molecular flexibility index (Phi) is 13.6. The van der Waals surface area contributed by atoms with Crippen LogP contribution < -0.4 is 5.32 Å². The van der Waals surface area contributed by atoms with E-state index in [0.29, 0.717) is 34.7 Å². The molecule has 0 amide bonds. The zero-order valence-corrected chi connectivity index (χ0v) is 26.6. The molecule has 0 saturated heterocycles. The van der Waals surface area contributed by atoms with Gasteiger partial charge in [-0.15, -0.1) is 13.8 Å². The van der Waals surface area contributed by atoms with Gasteiger partial charge in [-0.3, -0.25) is 9.35 Å². The molecule has 0 aliphatic carbocycles. The van der Waals surface area contributed by atoms with Gasteiger partial charge in [0.2, 0.25) is 11.2 Å². The highest BCUT2D eigenvalue weighted by Gasteiger charge is 2.22. The SMILES string of the molecule is Cc1nc(Cl)nc(Nc2cc(S(=O)(=O)O)cc3cc(SOOO)c(N=Nc4ccc(SOC(=O)CSOOO)cc4)c(O)c23)n1.O. The van der Waals surface area contributed by atoms with Gasteiger partial charge in [-0.05, 0) is 66.4 Å². The molecule has 4 aromatic rings. The highest BCUT2D eigenvalue weighted by Crippen LogP contribution is 2.47. The van der Waals surface area contributed by atoms with Crippen molar-refractivity contribution in [2.24, 2.45) is 10.2 Å². The number of phenolic OH excluding ortho intramolecular Hbond substituents is 1. The summed E-state index contributed by atoms with van der Waals surface area (Å²) in [6.45, 7) is 1.54. The summed E-state index contributed by atoms with van der Waals surface area (Å²) < 4.78 is 47.5. The summed E-state index contributed by atoms with van der Waals surface area (Å²) in [5, 5.41) is 46.1. The van der Waals surface area contributed by atoms with Crippen molar-refractivity contribution in [1.29, 1.82) is 0 Å². The molecular formula is C22H19ClN6O13S4. The van der Waals surface area contributed by atoms with Crippen molar-refractivity contribution in [1.82, 2.24) is 15.0 Å². The van der Waals surface area contributed by atoms with Crippen LogP contribution in [0.3, 0.4) is 0 Å². The summed E-state index contributed by atoms with van der Waals surface area (Å²) in [6, 6.07) is 9.59. The standard InChI is InChI=1S/C22H17ClN6O12S4.H2O/c1-10-24-21(23)27-22(25-10)26-15-8-14(45(34,35)36)6-11-7-16(44-41-39-33)19(20(31)18(11)15)29-28-12-2-4-13(5-3-12)43-37-17(30)9-42-40-38-32;/h2-8,31-33H,9H2,1H3,(H,34,35,36)(H,24,25,26,27);1H2. The number of rotatable bonds is 14. The number of phenols is 1. The number of benzene rings is 3. The van der Waals surface area contributed by atoms with Crippen LogP contribution in [0.1, 0.15) is 5.82 Å². The van der Waals surface area contributed by atoms with E-state index in [0.717, 1.165) is 24.2 Å². The number of fused-ring (bicyclic) bond motifs is 1. The molecule has 246 valence electrons. The van der Waals surface area contributed by atoms with Crippen molar-refractivity contribution in [3.63, 3.8) is 0 Å². The second-order valence-corrected chi connectivity index (χ2v) is 12.0. The number of aromatic nitrogens is 3. The lowest BCUT2D eigenvalue weighted by Gasteiger charge is -2.15. The fourth-order valence-electron chi connectivity index (χ4n) is 3.43. The Morgan fingerprint density at radius 2 is 1.74 bits per heavy atom. The molecule has 24 heteroatoms. The average Bonchev–Trinajstić information content (AvgIpc) is 2.98. The first kappa shape index (κ1) is 37.0. The zero-order chi connectivity index (χ0) is 32.6. The summed E-state index contributed by atoms with van der Waals surface area (Å²) in [6.07, 6.45) is 0. The molecule has 3 aromatic carbocycles. The first-order valence-corrected chi connectivity index (χ1v) is 15.8. The van der Waals surface area contributed by atoms with Crippen LogP contribution in [0.15, 0.2) is 67.4 Å². The van der Waals surface area contributed by atoms with Crippen molar-refractivity contribution >= 4 is 97.6 Å². The minimum Gasteiger partial charge on any atom is -0.505 e. The molecule has 4 rings (SSSR count). The molecule has 0 saturated carbocycles. The summed E-state index contributed by atoms with van der Waals surface area (Å²) >= 11 is 7.60. The van der Waals surface area contributed by atoms with E-state index in [9.17, 15) is 22.9 Å². The van der Waals surface area contributed by atoms with Crippen LogP contribution in [0.2, 0.25) is 5.28 Å². The molecule has 0 unspecified atom stereocenters. The van der Waals surface area contributed by atoms with Gasteiger partial charge in [-0.2, -0.15) is 23.5 Å². The molecule has 0 aliphatic heterocycles. The number of aryl methyl sites for hydroxylation is 1. The quantitative estimate of drug-likeness (QED) is 0.0273. The minimum absolute atomic E-state index is 0. The molecule has 0 atom stereocenters. The Labute approximate surface area is 275 Å². The number of nitrogens with zero attached hydrogens (tertiary/aromatic N) is 5. The second-order valence-electron chi connectivity index (χ2n) is 8.08. The summed E-state index contributed by atoms with van der Waals surface area (Å²) in [5.41, 5.74) is 0.0206. The monoisotopic (exact) mass is 738 g/mol. The third kappa shape index (κ3) is 10.0. The van der Waals surface area contributed by atoms with E-state index in [2.05, 4.69) is 49.2 Å². The molecule has 0 fully saturated rings. The Balaban J connectivity index is 0.00000576. The lowest BCUT2D eigenvalue weighted by atomic mass is 10.1. The Hall–Kier alpha value is -3.43. The van der Waals surface area contributed by atoms with Crippen LogP contribution in [0.4, 0.5) is 23.0 Å². The maximum Gasteiger partial charge on any atom is 0.330 e. The normalized spacial score (nSPS) is 11.5. The number of hydrogen-bond donors (Lipinski definition) is 5. The lowest BCUT2D eigenvalue weighted by molar-refractivity contribution is -0.432. The van der Waals surface area contributed by atoms with E-state index in [4.69, 9.17) is 26.3 Å². The van der Waals surface area contributed by atoms with Crippen LogP contribution in [-0.2, 0) is 37.8 Å². The van der Waals surface area contributed by atoms with Crippen LogP contribution in [0, 0.1) is 6.92 Å². The number of aromatic hydroxyl groups is 1. The molecule has 0 bridgehead atoms. The van der Waals surface area contributed by atoms with Crippen LogP contribution in [0.25, 0.3) is 10.8 Å². The van der Waals surface area contributed by atoms with Gasteiger partial charge >= 0.3 is 5.97 Å². The van der Waals surface area contributed by atoms with E-state index in [1.807, 2.05) is 0 Å². The van der Waals surface area contributed by atoms with Gasteiger partial charge in [-0.25, -0.2) is 15.5 Å². The maximum absolute atomic E-state index is 12.1. The molecular weight excluding hydrogens is 720 g/mol. The number of hydrogen-bond acceptors (Lipinski definition) is 20. The van der Waals surface area contributed by atoms with Crippen molar-refractivity contribution < 1.29 is 61.8 Å². The predicted octanol–water partition coefficient (Wildman–Crippen LogP) is 5.32. The Morgan fingerprint density at radius 3 is 2.39 bits per heavy atom. The van der Waals surface area contributed by atoms with Gasteiger partial charge in [-0.1, -0.05) is 10.1 Å². The molecule has 7 N–H and O–H groups in total. The number of azo groups is 1. The smallest absolute Gasteiger partial charge is 0.330 e. The fourth-order valence-corrected chi connectivity index (χ4v) is 5.49. The lowest BCUT2D eigenvalue weighted by Crippen LogP contribution is -2.04. The zero-order valence-electron chi connectivity index (χ0n) is 22.6. The molecule has 0 radical (unpaired) electrons. The van der Waals surface area contributed by atoms with Gasteiger partial charge in [0.05, 0.1) is 45.3 Å². The van der Waals surface area contributed by atoms with Crippen molar-refractivity contribution in [3.05, 3.63) is 53.6 Å². The van der Waals surface area contributed by atoms with Crippen LogP contribution in [-0.4, -0.2) is 60.7 Å². The number of halogens is 1. The maximum atomic E-state index is 12.1. The van der Waals surface area contributed by atoms with Crippen LogP contribution >= 0.6 is 47.7 Å². The van der Waals surface area contributed by atoms with Gasteiger partial charge in [0.25, 0.3) is 10.1 Å². The number of anilines is 2. The topological polar surface area (TPSA) is 285 Å². The van der Waals surface area contributed by atoms with Gasteiger partial charge in [0.15, 0.2) is 5.75 Å². The minimum atomic E-state index is -4.74. The summed E-state index contributed by atoms with van der Waals surface area (Å²) in [4.78, 5) is 23.5. The first-order chi connectivity index (χ1) is 21.5. The molecule has 0 aliphatic rings. The number of carbonyl (C=O) groups excluding carboxylic acids is 1. The van der Waals surface area contributed by atoms with Gasteiger partial charge in [0.1, 0.15) is 17.3 Å². The Morgan fingerprint density at radius 1 is 1.02 bits per heavy atom. The predicted molar refractivity (Wildman–Crippen MR) is 162 cm³/mol. The highest BCUT2D eigenvalue weighted by atomic mass is 35.5. The summed E-state index contributed by atoms with van der Waals surface area (Å²) in [7, 11) is -4.74. The fraction of sp³-hybridized carbons (Fsp3) is 0.0909. The van der Waals surface area contributed by atoms with Crippen molar-refractivity contribution in [2.75, 3.05) is 11.1 Å². The second kappa shape index (κ2) is 16.9. The Bertz CT molecular complexity index is 1820. The molecule has 1 aromatic heterocycles. The number of carbonyl (C=O) groups is 1. The first-order valence-electron chi connectivity index (χ1n) is 11.6. The third-order valence-corrected chi connectivity index (χ3v) is 7.99. The van der Waals surface area contributed by atoms with E-state index < -0.39 is 26.7 Å². The van der Waals surface area contributed by atoms with E-state index in [-0.39, 0.29) is 55.3 Å². The van der Waals surface area contributed by atoms with E-state index >= 15 is 0 Å².